The molecule has 0 heterocycles. The predicted octanol–water partition coefficient (Wildman–Crippen LogP) is 3.02. The SMILES string of the molecule is O=C(O)/C=C/CNC(=O)CSCCNC(=O)OCC1c2ccccc2-c2ccccc21. The van der Waals surface area contributed by atoms with E-state index in [4.69, 9.17) is 9.84 Å². The smallest absolute Gasteiger partial charge is 0.407 e. The van der Waals surface area contributed by atoms with Crippen LogP contribution in [-0.4, -0.2) is 54.3 Å². The van der Waals surface area contributed by atoms with E-state index >= 15 is 0 Å². The van der Waals surface area contributed by atoms with Crippen molar-refractivity contribution in [3.63, 3.8) is 0 Å². The minimum absolute atomic E-state index is 0.0198. The second kappa shape index (κ2) is 11.2. The van der Waals surface area contributed by atoms with E-state index in [1.165, 1.54) is 29.0 Å². The highest BCUT2D eigenvalue weighted by Gasteiger charge is 2.28. The Morgan fingerprint density at radius 3 is 2.29 bits per heavy atom. The molecule has 2 aromatic carbocycles. The third-order valence-electron chi connectivity index (χ3n) is 4.77. The monoisotopic (exact) mass is 440 g/mol. The van der Waals surface area contributed by atoms with Gasteiger partial charge in [-0.3, -0.25) is 4.79 Å². The summed E-state index contributed by atoms with van der Waals surface area (Å²) >= 11 is 1.37. The van der Waals surface area contributed by atoms with Crippen molar-refractivity contribution in [3.05, 3.63) is 71.8 Å². The highest BCUT2D eigenvalue weighted by atomic mass is 32.2. The lowest BCUT2D eigenvalue weighted by atomic mass is 9.98. The number of benzene rings is 2. The molecule has 0 fully saturated rings. The Balaban J connectivity index is 1.35. The third-order valence-corrected chi connectivity index (χ3v) is 5.73. The highest BCUT2D eigenvalue weighted by Crippen LogP contribution is 2.44. The van der Waals surface area contributed by atoms with Crippen molar-refractivity contribution in [1.82, 2.24) is 10.6 Å². The minimum atomic E-state index is -1.05. The maximum atomic E-state index is 12.1. The van der Waals surface area contributed by atoms with E-state index in [0.717, 1.165) is 17.2 Å². The molecule has 0 bridgehead atoms. The number of aliphatic carboxylic acids is 1. The van der Waals surface area contributed by atoms with Gasteiger partial charge in [-0.15, -0.1) is 0 Å². The van der Waals surface area contributed by atoms with Crippen LogP contribution in [0.3, 0.4) is 0 Å². The van der Waals surface area contributed by atoms with Gasteiger partial charge < -0.3 is 20.5 Å². The Hall–Kier alpha value is -3.26. The molecular weight excluding hydrogens is 416 g/mol. The summed E-state index contributed by atoms with van der Waals surface area (Å²) in [6, 6.07) is 16.3. The molecule has 0 aromatic heterocycles. The van der Waals surface area contributed by atoms with Crippen LogP contribution in [0.15, 0.2) is 60.7 Å². The van der Waals surface area contributed by atoms with E-state index in [-0.39, 0.29) is 30.7 Å². The summed E-state index contributed by atoms with van der Waals surface area (Å²) in [5, 5.41) is 13.7. The molecule has 8 heteroatoms. The second-order valence-electron chi connectivity index (χ2n) is 6.85. The first-order valence-corrected chi connectivity index (χ1v) is 11.0. The van der Waals surface area contributed by atoms with Crippen molar-refractivity contribution >= 4 is 29.7 Å². The molecule has 1 aliphatic carbocycles. The van der Waals surface area contributed by atoms with E-state index in [1.54, 1.807) is 0 Å². The van der Waals surface area contributed by atoms with Crippen molar-refractivity contribution in [2.45, 2.75) is 5.92 Å². The van der Waals surface area contributed by atoms with Gasteiger partial charge in [0.25, 0.3) is 0 Å². The summed E-state index contributed by atoms with van der Waals surface area (Å²) in [7, 11) is 0. The number of alkyl carbamates (subject to hydrolysis) is 1. The van der Waals surface area contributed by atoms with Crippen molar-refractivity contribution in [2.75, 3.05) is 31.2 Å². The molecule has 0 aliphatic heterocycles. The number of ether oxygens (including phenoxy) is 1. The van der Waals surface area contributed by atoms with Crippen LogP contribution in [0.5, 0.6) is 0 Å². The summed E-state index contributed by atoms with van der Waals surface area (Å²) in [5.41, 5.74) is 4.69. The molecule has 31 heavy (non-hydrogen) atoms. The molecule has 2 amide bonds. The molecule has 0 spiro atoms. The van der Waals surface area contributed by atoms with Crippen LogP contribution < -0.4 is 10.6 Å². The maximum absolute atomic E-state index is 12.1. The average Bonchev–Trinajstić information content (AvgIpc) is 3.09. The molecule has 0 radical (unpaired) electrons. The quantitative estimate of drug-likeness (QED) is 0.388. The number of carboxylic acid groups (broad SMARTS) is 1. The molecule has 1 aliphatic rings. The van der Waals surface area contributed by atoms with Gasteiger partial charge in [-0.2, -0.15) is 11.8 Å². The summed E-state index contributed by atoms with van der Waals surface area (Å²) in [4.78, 5) is 34.0. The van der Waals surface area contributed by atoms with E-state index in [9.17, 15) is 14.4 Å². The first kappa shape index (κ1) is 22.4. The van der Waals surface area contributed by atoms with E-state index < -0.39 is 12.1 Å². The van der Waals surface area contributed by atoms with Crippen molar-refractivity contribution in [1.29, 1.82) is 0 Å². The topological polar surface area (TPSA) is 105 Å². The molecule has 2 aromatic rings. The van der Waals surface area contributed by atoms with Crippen LogP contribution in [0.4, 0.5) is 4.79 Å². The number of hydrogen-bond acceptors (Lipinski definition) is 5. The summed E-state index contributed by atoms with van der Waals surface area (Å²) in [6.45, 7) is 0.816. The number of hydrogen-bond donors (Lipinski definition) is 3. The summed E-state index contributed by atoms with van der Waals surface area (Å²) < 4.78 is 5.46. The van der Waals surface area contributed by atoms with Gasteiger partial charge in [-0.1, -0.05) is 54.6 Å². The van der Waals surface area contributed by atoms with E-state index in [1.807, 2.05) is 24.3 Å². The molecule has 0 saturated heterocycles. The molecule has 0 saturated carbocycles. The fourth-order valence-electron chi connectivity index (χ4n) is 3.42. The molecule has 3 rings (SSSR count). The number of carboxylic acids is 1. The number of carbonyl (C=O) groups excluding carboxylic acids is 2. The van der Waals surface area contributed by atoms with Crippen LogP contribution in [0.25, 0.3) is 11.1 Å². The Bertz CT molecular complexity index is 930. The average molecular weight is 441 g/mol. The van der Waals surface area contributed by atoms with Crippen LogP contribution in [-0.2, 0) is 14.3 Å². The molecule has 0 unspecified atom stereocenters. The second-order valence-corrected chi connectivity index (χ2v) is 7.95. The minimum Gasteiger partial charge on any atom is -0.478 e. The molecule has 3 N–H and O–H groups in total. The van der Waals surface area contributed by atoms with Crippen LogP contribution in [0, 0.1) is 0 Å². The zero-order valence-corrected chi connectivity index (χ0v) is 17.7. The zero-order chi connectivity index (χ0) is 22.1. The molecular formula is C23H24N2O5S. The van der Waals surface area contributed by atoms with Crippen LogP contribution >= 0.6 is 11.8 Å². The highest BCUT2D eigenvalue weighted by molar-refractivity contribution is 7.99. The van der Waals surface area contributed by atoms with Gasteiger partial charge in [0.15, 0.2) is 0 Å². The van der Waals surface area contributed by atoms with E-state index in [0.29, 0.717) is 12.3 Å². The van der Waals surface area contributed by atoms with Crippen LogP contribution in [0.1, 0.15) is 17.0 Å². The fraction of sp³-hybridized carbons (Fsp3) is 0.261. The molecule has 162 valence electrons. The van der Waals surface area contributed by atoms with Gasteiger partial charge in [0, 0.05) is 30.8 Å². The predicted molar refractivity (Wildman–Crippen MR) is 120 cm³/mol. The lowest BCUT2D eigenvalue weighted by molar-refractivity contribution is -0.131. The Kier molecular flexibility index (Phi) is 8.12. The number of nitrogens with one attached hydrogen (secondary N) is 2. The van der Waals surface area contributed by atoms with Crippen molar-refractivity contribution in [3.8, 4) is 11.1 Å². The van der Waals surface area contributed by atoms with Crippen molar-refractivity contribution in [2.24, 2.45) is 0 Å². The number of fused-ring (bicyclic) bond motifs is 3. The number of thioether (sulfide) groups is 1. The van der Waals surface area contributed by atoms with Crippen LogP contribution in [0.2, 0.25) is 0 Å². The third kappa shape index (κ3) is 6.36. The number of rotatable bonds is 10. The Morgan fingerprint density at radius 2 is 1.65 bits per heavy atom. The zero-order valence-electron chi connectivity index (χ0n) is 16.9. The van der Waals surface area contributed by atoms with Crippen molar-refractivity contribution < 1.29 is 24.2 Å². The molecule has 0 atom stereocenters. The Morgan fingerprint density at radius 1 is 1.00 bits per heavy atom. The van der Waals surface area contributed by atoms with Gasteiger partial charge in [0.1, 0.15) is 6.61 Å². The normalized spacial score (nSPS) is 12.3. The standard InChI is InChI=1S/C23H24N2O5S/c26-21(24-11-5-10-22(27)28)15-31-13-12-25-23(29)30-14-20-18-8-3-1-6-16(18)17-7-2-4-9-19(17)20/h1-10,20H,11-15H2,(H,24,26)(H,25,29)(H,27,28)/b10-5+. The largest absolute Gasteiger partial charge is 0.478 e. The van der Waals surface area contributed by atoms with Gasteiger partial charge in [-0.25, -0.2) is 9.59 Å². The van der Waals surface area contributed by atoms with E-state index in [2.05, 4.69) is 34.9 Å². The summed E-state index contributed by atoms with van der Waals surface area (Å²) in [5.74, 6) is -0.439. The maximum Gasteiger partial charge on any atom is 0.407 e. The van der Waals surface area contributed by atoms with Gasteiger partial charge in [0.05, 0.1) is 5.75 Å². The summed E-state index contributed by atoms with van der Waals surface area (Å²) in [6.07, 6.45) is 1.86. The fourth-order valence-corrected chi connectivity index (χ4v) is 4.10. The Labute approximate surface area is 184 Å². The number of carbonyl (C=O) groups is 3. The first-order valence-electron chi connectivity index (χ1n) is 9.89. The lowest BCUT2D eigenvalue weighted by Crippen LogP contribution is -2.29. The lowest BCUT2D eigenvalue weighted by Gasteiger charge is -2.14. The van der Waals surface area contributed by atoms with Gasteiger partial charge in [-0.05, 0) is 22.3 Å². The molecule has 7 nitrogen and oxygen atoms in total. The first-order chi connectivity index (χ1) is 15.1. The number of amides is 2. The van der Waals surface area contributed by atoms with Gasteiger partial charge in [0.2, 0.25) is 5.91 Å². The van der Waals surface area contributed by atoms with Gasteiger partial charge >= 0.3 is 12.1 Å².